The minimum absolute atomic E-state index is 0.0205. The van der Waals surface area contributed by atoms with Crippen molar-refractivity contribution in [1.29, 1.82) is 0 Å². The highest BCUT2D eigenvalue weighted by molar-refractivity contribution is 6.11. The van der Waals surface area contributed by atoms with Crippen LogP contribution in [0.25, 0.3) is 66.8 Å². The molecule has 71 heavy (non-hydrogen) atoms. The summed E-state index contributed by atoms with van der Waals surface area (Å²) in [5.41, 5.74) is 3.44. The number of carboxylic acids is 3. The highest BCUT2D eigenvalue weighted by atomic mass is 16.4. The number of carboxylic acid groups (broad SMARTS) is 3. The van der Waals surface area contributed by atoms with Gasteiger partial charge in [0.15, 0.2) is 5.43 Å². The van der Waals surface area contributed by atoms with E-state index in [1.54, 1.807) is 18.2 Å². The third-order valence-corrected chi connectivity index (χ3v) is 12.0. The quantitative estimate of drug-likeness (QED) is 0.0597. The van der Waals surface area contributed by atoms with E-state index in [1.807, 2.05) is 62.3 Å². The van der Waals surface area contributed by atoms with Crippen LogP contribution in [0.1, 0.15) is 70.0 Å². The maximum absolute atomic E-state index is 13.5. The van der Waals surface area contributed by atoms with Crippen molar-refractivity contribution < 1.29 is 53.2 Å². The van der Waals surface area contributed by atoms with Crippen molar-refractivity contribution in [3.8, 4) is 50.7 Å². The molecule has 17 heteroatoms. The Labute approximate surface area is 402 Å². The van der Waals surface area contributed by atoms with Gasteiger partial charge < -0.3 is 44.8 Å². The fraction of sp³-hybridized carbons (Fsp3) is 0.111. The Morgan fingerprint density at radius 2 is 1.27 bits per heavy atom. The van der Waals surface area contributed by atoms with Crippen LogP contribution in [0.5, 0.6) is 5.75 Å². The third kappa shape index (κ3) is 8.97. The Bertz CT molecular complexity index is 3740. The zero-order valence-electron chi connectivity index (χ0n) is 38.1. The summed E-state index contributed by atoms with van der Waals surface area (Å²) < 4.78 is 12.5. The van der Waals surface area contributed by atoms with Gasteiger partial charge in [-0.3, -0.25) is 24.4 Å². The lowest BCUT2D eigenvalue weighted by molar-refractivity contribution is 0.0682. The molecule has 0 saturated carbocycles. The number of fused-ring (bicyclic) bond motifs is 4. The van der Waals surface area contributed by atoms with Gasteiger partial charge in [-0.1, -0.05) is 18.2 Å². The number of nitrogens with zero attached hydrogens (tertiary/aromatic N) is 3. The normalized spacial score (nSPS) is 11.6. The minimum atomic E-state index is -1.40. The fourth-order valence-electron chi connectivity index (χ4n) is 8.52. The van der Waals surface area contributed by atoms with Gasteiger partial charge in [0.25, 0.3) is 11.8 Å². The second-order valence-electron chi connectivity index (χ2n) is 16.6. The van der Waals surface area contributed by atoms with Crippen LogP contribution in [0.15, 0.2) is 140 Å². The molecule has 5 aromatic rings. The van der Waals surface area contributed by atoms with Crippen molar-refractivity contribution in [2.24, 2.45) is 4.99 Å². The van der Waals surface area contributed by atoms with Gasteiger partial charge in [0.2, 0.25) is 0 Å². The van der Waals surface area contributed by atoms with E-state index in [0.29, 0.717) is 61.8 Å². The first-order chi connectivity index (χ1) is 34.1. The van der Waals surface area contributed by atoms with Gasteiger partial charge in [0, 0.05) is 95.9 Å². The van der Waals surface area contributed by atoms with Crippen LogP contribution in [0, 0.1) is 0 Å². The topological polar surface area (TPSA) is 262 Å². The van der Waals surface area contributed by atoms with Crippen molar-refractivity contribution in [3.63, 3.8) is 0 Å². The first-order valence-corrected chi connectivity index (χ1v) is 22.0. The minimum Gasteiger partial charge on any atom is -0.507 e. The van der Waals surface area contributed by atoms with Gasteiger partial charge in [-0.05, 0) is 102 Å². The van der Waals surface area contributed by atoms with E-state index in [4.69, 9.17) is 8.83 Å². The number of hydrogen-bond acceptors (Lipinski definition) is 12. The maximum atomic E-state index is 13.5. The van der Waals surface area contributed by atoms with Crippen molar-refractivity contribution in [2.45, 2.75) is 20.0 Å². The zero-order chi connectivity index (χ0) is 50.2. The van der Waals surface area contributed by atoms with E-state index >= 15 is 0 Å². The van der Waals surface area contributed by atoms with Crippen LogP contribution >= 0.6 is 0 Å². The number of aromatic nitrogens is 1. The molecule has 4 aromatic carbocycles. The van der Waals surface area contributed by atoms with Gasteiger partial charge in [-0.2, -0.15) is 0 Å². The van der Waals surface area contributed by atoms with Crippen molar-refractivity contribution in [3.05, 3.63) is 176 Å². The summed E-state index contributed by atoms with van der Waals surface area (Å²) in [6.45, 7) is 2.15. The molecule has 0 radical (unpaired) electrons. The molecule has 0 atom stereocenters. The van der Waals surface area contributed by atoms with Crippen LogP contribution in [0.3, 0.4) is 0 Å². The predicted octanol–water partition coefficient (Wildman–Crippen LogP) is 8.12. The average Bonchev–Trinajstić information content (AvgIpc) is 3.35. The molecule has 4 aliphatic rings. The highest BCUT2D eigenvalue weighted by Crippen LogP contribution is 2.45. The number of benzene rings is 6. The van der Waals surface area contributed by atoms with Crippen molar-refractivity contribution >= 4 is 57.3 Å². The molecule has 0 bridgehead atoms. The van der Waals surface area contributed by atoms with Gasteiger partial charge in [0.1, 0.15) is 34.1 Å². The molecule has 2 aliphatic carbocycles. The highest BCUT2D eigenvalue weighted by Gasteiger charge is 2.27. The molecule has 0 fully saturated rings. The Morgan fingerprint density at radius 3 is 1.93 bits per heavy atom. The molecule has 6 N–H and O–H groups in total. The van der Waals surface area contributed by atoms with Crippen LogP contribution in [-0.4, -0.2) is 75.8 Å². The largest absolute Gasteiger partial charge is 0.507 e. The number of hydrogen-bond donors (Lipinski definition) is 6. The van der Waals surface area contributed by atoms with Crippen LogP contribution in [0.2, 0.25) is 0 Å². The van der Waals surface area contributed by atoms with Crippen molar-refractivity contribution in [1.82, 2.24) is 15.6 Å². The molecule has 0 unspecified atom stereocenters. The lowest BCUT2D eigenvalue weighted by Crippen LogP contribution is -2.25. The molecule has 9 rings (SSSR count). The van der Waals surface area contributed by atoms with E-state index < -0.39 is 35.2 Å². The first-order valence-electron chi connectivity index (χ1n) is 22.0. The molecule has 3 heterocycles. The summed E-state index contributed by atoms with van der Waals surface area (Å²) in [4.78, 5) is 87.3. The summed E-state index contributed by atoms with van der Waals surface area (Å²) in [6, 6.07) is 29.1. The number of aromatic hydroxyl groups is 1. The van der Waals surface area contributed by atoms with E-state index in [2.05, 4.69) is 20.6 Å². The summed E-state index contributed by atoms with van der Waals surface area (Å²) in [6.07, 6.45) is 1.39. The Balaban J connectivity index is 0.946. The third-order valence-electron chi connectivity index (χ3n) is 12.0. The molecule has 0 saturated heterocycles. The fourth-order valence-corrected chi connectivity index (χ4v) is 8.52. The Morgan fingerprint density at radius 1 is 0.634 bits per heavy atom. The van der Waals surface area contributed by atoms with E-state index in [-0.39, 0.29) is 74.8 Å². The van der Waals surface area contributed by atoms with Crippen molar-refractivity contribution in [2.75, 3.05) is 25.5 Å². The summed E-state index contributed by atoms with van der Waals surface area (Å²) in [5, 5.41) is 48.5. The summed E-state index contributed by atoms with van der Waals surface area (Å²) >= 11 is 0. The molecular formula is C54H41N5O12. The van der Waals surface area contributed by atoms with Gasteiger partial charge in [-0.25, -0.2) is 14.4 Å². The monoisotopic (exact) mass is 951 g/mol. The molecule has 354 valence electrons. The van der Waals surface area contributed by atoms with Gasteiger partial charge in [-0.15, -0.1) is 0 Å². The number of phenolic OH excluding ortho intramolecular Hbond substituents is 1. The summed E-state index contributed by atoms with van der Waals surface area (Å²) in [7, 11) is 3.81. The lowest BCUT2D eigenvalue weighted by atomic mass is 9.89. The molecule has 0 spiro atoms. The maximum Gasteiger partial charge on any atom is 0.336 e. The molecule has 1 aromatic heterocycles. The Hall–Kier alpha value is -9.64. The van der Waals surface area contributed by atoms with Crippen LogP contribution in [0.4, 0.5) is 5.69 Å². The smallest absolute Gasteiger partial charge is 0.336 e. The van der Waals surface area contributed by atoms with E-state index in [1.165, 1.54) is 60.8 Å². The number of amides is 2. The van der Waals surface area contributed by atoms with Gasteiger partial charge in [0.05, 0.1) is 34.2 Å². The second-order valence-corrected chi connectivity index (χ2v) is 16.6. The molecule has 17 nitrogen and oxygen atoms in total. The predicted molar refractivity (Wildman–Crippen MR) is 262 cm³/mol. The van der Waals surface area contributed by atoms with E-state index in [9.17, 15) is 49.2 Å². The van der Waals surface area contributed by atoms with Gasteiger partial charge >= 0.3 is 17.9 Å². The molecule has 2 amide bonds. The number of pyridine rings is 1. The zero-order valence-corrected chi connectivity index (χ0v) is 38.1. The Kier molecular flexibility index (Phi) is 12.3. The molecular weight excluding hydrogens is 911 g/mol. The van der Waals surface area contributed by atoms with Crippen LogP contribution in [-0.2, 0) is 13.1 Å². The number of carbonyl (C=O) groups is 5. The number of anilines is 1. The number of nitrogens with one attached hydrogen (secondary N) is 2. The summed E-state index contributed by atoms with van der Waals surface area (Å²) in [5.74, 6) is -4.91. The average molecular weight is 952 g/mol. The van der Waals surface area contributed by atoms with Crippen LogP contribution < -0.4 is 26.3 Å². The number of carbonyl (C=O) groups excluding carboxylic acids is 2. The first kappa shape index (κ1) is 46.5. The number of rotatable bonds is 13. The standard InChI is InChI=1S/C54H41N5O12/c1-4-55-30-8-13-35-44(21-30)70-45-22-31(59(2)3)9-14-36(45)47(35)33-11-6-28(19-39(33)53(66)67)50(62)57-25-27-5-17-42(56-24-27)51(63)58-26-41-43(61)18-16-38-48(37-15-10-32(60)23-46(37)71-49(38)41)34-12-7-29(52(64)65)20-40(34)54(68)69/h5-24,61H,4,25-26H2,1-3H3,(H,57,62)(H,58,63)(H,64,65)(H,66,67)(H,68,69). The second kappa shape index (κ2) is 18.8. The van der Waals surface area contributed by atoms with E-state index in [0.717, 1.165) is 11.8 Å². The molecule has 2 aliphatic heterocycles. The SMILES string of the molecule is CCN=c1ccc2c(-c3ccc(C(=O)NCc4ccc(C(=O)NCc5c(O)ccc6c(-c7ccc(C(=O)O)cc7C(=O)O)c7ccc(=O)cc-7oc56)nc4)cc3C(=O)O)c3ccc(N(C)C)cc3oc-2c1. The lowest BCUT2D eigenvalue weighted by Gasteiger charge is -2.19. The number of phenols is 1. The number of aromatic carboxylic acids is 3.